The number of rotatable bonds is 6. The summed E-state index contributed by atoms with van der Waals surface area (Å²) in [6.07, 6.45) is -0.0497. The second kappa shape index (κ2) is 8.06. The van der Waals surface area contributed by atoms with Gasteiger partial charge in [0.2, 0.25) is 10.0 Å². The maximum absolute atomic E-state index is 12.6. The Balaban J connectivity index is 1.82. The van der Waals surface area contributed by atoms with Crippen molar-refractivity contribution in [2.45, 2.75) is 31.4 Å². The Hall–Kier alpha value is -3.17. The zero-order valence-electron chi connectivity index (χ0n) is 15.8. The number of carbonyl (C=O) groups is 1. The maximum atomic E-state index is 12.6. The number of sulfonamides is 1. The lowest BCUT2D eigenvalue weighted by Crippen LogP contribution is -2.24. The molecule has 3 aromatic rings. The minimum absolute atomic E-state index is 0.0151. The van der Waals surface area contributed by atoms with Crippen LogP contribution in [0.25, 0.3) is 11.0 Å². The van der Waals surface area contributed by atoms with Gasteiger partial charge in [0.1, 0.15) is 11.3 Å². The molecule has 3 rings (SSSR count). The van der Waals surface area contributed by atoms with Gasteiger partial charge in [0.15, 0.2) is 0 Å². The van der Waals surface area contributed by atoms with Gasteiger partial charge in [-0.15, -0.1) is 0 Å². The van der Waals surface area contributed by atoms with Crippen LogP contribution >= 0.6 is 0 Å². The van der Waals surface area contributed by atoms with E-state index in [1.165, 1.54) is 12.1 Å². The number of primary sulfonamides is 1. The van der Waals surface area contributed by atoms with Gasteiger partial charge in [-0.3, -0.25) is 4.79 Å². The van der Waals surface area contributed by atoms with Crippen LogP contribution in [0.1, 0.15) is 29.8 Å². The average molecular weight is 416 g/mol. The first kappa shape index (κ1) is 20.6. The fourth-order valence-corrected chi connectivity index (χ4v) is 3.27. The van der Waals surface area contributed by atoms with Crippen molar-refractivity contribution in [2.24, 2.45) is 5.14 Å². The first-order chi connectivity index (χ1) is 13.6. The van der Waals surface area contributed by atoms with Gasteiger partial charge in [0.05, 0.1) is 16.6 Å². The van der Waals surface area contributed by atoms with Gasteiger partial charge in [0.25, 0.3) is 5.91 Å². The van der Waals surface area contributed by atoms with E-state index in [0.717, 1.165) is 6.07 Å². The molecule has 29 heavy (non-hydrogen) atoms. The van der Waals surface area contributed by atoms with Crippen molar-refractivity contribution in [3.05, 3.63) is 70.1 Å². The van der Waals surface area contributed by atoms with Crippen LogP contribution in [0.3, 0.4) is 0 Å². The minimum atomic E-state index is -3.78. The Bertz CT molecular complexity index is 1210. The molecule has 0 aliphatic rings. The molecule has 152 valence electrons. The third-order valence-corrected chi connectivity index (χ3v) is 4.97. The zero-order chi connectivity index (χ0) is 21.2. The summed E-state index contributed by atoms with van der Waals surface area (Å²) in [5, 5.41) is 8.25. The summed E-state index contributed by atoms with van der Waals surface area (Å²) in [4.78, 5) is 24.5. The Morgan fingerprint density at radius 1 is 1.14 bits per heavy atom. The van der Waals surface area contributed by atoms with E-state index in [4.69, 9.17) is 14.3 Å². The average Bonchev–Trinajstić information content (AvgIpc) is 2.64. The van der Waals surface area contributed by atoms with Crippen molar-refractivity contribution in [1.29, 1.82) is 0 Å². The van der Waals surface area contributed by atoms with Crippen molar-refractivity contribution < 1.29 is 22.4 Å². The summed E-state index contributed by atoms with van der Waals surface area (Å²) >= 11 is 0. The molecule has 0 spiro atoms. The number of carbonyl (C=O) groups excluding carboxylic acids is 1. The summed E-state index contributed by atoms with van der Waals surface area (Å²) in [5.74, 6) is 0.0686. The van der Waals surface area contributed by atoms with E-state index >= 15 is 0 Å². The highest BCUT2D eigenvalue weighted by Crippen LogP contribution is 2.23. The summed E-state index contributed by atoms with van der Waals surface area (Å²) < 4.78 is 33.4. The SMILES string of the molecule is CC(C)Oc1ccc2c(C(=O)NCc3ccc(S(N)(=O)=O)cc3)cc(=O)oc2c1. The topological polar surface area (TPSA) is 129 Å². The molecule has 0 saturated carbocycles. The molecule has 3 N–H and O–H groups in total. The van der Waals surface area contributed by atoms with Crippen LogP contribution < -0.4 is 20.8 Å². The van der Waals surface area contributed by atoms with Gasteiger partial charge in [-0.25, -0.2) is 18.4 Å². The second-order valence-corrected chi connectivity index (χ2v) is 8.24. The molecule has 0 fully saturated rings. The van der Waals surface area contributed by atoms with Crippen LogP contribution in [0.2, 0.25) is 0 Å². The molecule has 0 aliphatic heterocycles. The van der Waals surface area contributed by atoms with Crippen molar-refractivity contribution in [1.82, 2.24) is 5.32 Å². The van der Waals surface area contributed by atoms with Gasteiger partial charge in [-0.1, -0.05) is 12.1 Å². The summed E-state index contributed by atoms with van der Waals surface area (Å²) in [5.41, 5.74) is 0.444. The lowest BCUT2D eigenvalue weighted by Gasteiger charge is -2.11. The van der Waals surface area contributed by atoms with Crippen LogP contribution in [0, 0.1) is 0 Å². The van der Waals surface area contributed by atoms with Crippen LogP contribution in [-0.4, -0.2) is 20.4 Å². The Morgan fingerprint density at radius 3 is 2.45 bits per heavy atom. The highest BCUT2D eigenvalue weighted by molar-refractivity contribution is 7.89. The molecule has 0 aliphatic carbocycles. The normalized spacial score (nSPS) is 11.6. The van der Waals surface area contributed by atoms with Crippen molar-refractivity contribution in [2.75, 3.05) is 0 Å². The van der Waals surface area contributed by atoms with Gasteiger partial charge < -0.3 is 14.5 Å². The van der Waals surface area contributed by atoms with E-state index in [2.05, 4.69) is 5.32 Å². The molecule has 1 amide bonds. The van der Waals surface area contributed by atoms with Crippen molar-refractivity contribution >= 4 is 26.9 Å². The van der Waals surface area contributed by atoms with E-state index in [9.17, 15) is 18.0 Å². The maximum Gasteiger partial charge on any atom is 0.337 e. The van der Waals surface area contributed by atoms with Crippen LogP contribution in [0.4, 0.5) is 0 Å². The third-order valence-electron chi connectivity index (χ3n) is 4.04. The largest absolute Gasteiger partial charge is 0.491 e. The molecule has 8 nitrogen and oxygen atoms in total. The Morgan fingerprint density at radius 2 is 1.83 bits per heavy atom. The molecule has 0 bridgehead atoms. The van der Waals surface area contributed by atoms with E-state index in [1.54, 1.807) is 30.3 Å². The molecule has 0 saturated heterocycles. The van der Waals surface area contributed by atoms with Crippen LogP contribution in [0.5, 0.6) is 5.75 Å². The molecule has 0 radical (unpaired) electrons. The molecule has 0 unspecified atom stereocenters. The van der Waals surface area contributed by atoms with Crippen molar-refractivity contribution in [3.8, 4) is 5.75 Å². The minimum Gasteiger partial charge on any atom is -0.491 e. The number of hydrogen-bond donors (Lipinski definition) is 2. The Labute approximate surface area is 167 Å². The predicted octanol–water partition coefficient (Wildman–Crippen LogP) is 2.16. The molecule has 2 aromatic carbocycles. The fourth-order valence-electron chi connectivity index (χ4n) is 2.75. The van der Waals surface area contributed by atoms with E-state index in [0.29, 0.717) is 16.7 Å². The summed E-state index contributed by atoms with van der Waals surface area (Å²) in [6, 6.07) is 11.9. The molecule has 1 heterocycles. The molecular formula is C20H20N2O6S. The molecule has 1 aromatic heterocycles. The fraction of sp³-hybridized carbons (Fsp3) is 0.200. The third kappa shape index (κ3) is 5.01. The number of ether oxygens (including phenoxy) is 1. The number of hydrogen-bond acceptors (Lipinski definition) is 6. The summed E-state index contributed by atoms with van der Waals surface area (Å²) in [7, 11) is -3.78. The summed E-state index contributed by atoms with van der Waals surface area (Å²) in [6.45, 7) is 3.89. The monoisotopic (exact) mass is 416 g/mol. The smallest absolute Gasteiger partial charge is 0.337 e. The van der Waals surface area contributed by atoms with Gasteiger partial charge >= 0.3 is 5.63 Å². The Kier molecular flexibility index (Phi) is 5.71. The van der Waals surface area contributed by atoms with E-state index < -0.39 is 21.6 Å². The van der Waals surface area contributed by atoms with Crippen molar-refractivity contribution in [3.63, 3.8) is 0 Å². The van der Waals surface area contributed by atoms with E-state index in [1.807, 2.05) is 13.8 Å². The van der Waals surface area contributed by atoms with Gasteiger partial charge in [-0.05, 0) is 43.7 Å². The lowest BCUT2D eigenvalue weighted by atomic mass is 10.1. The number of benzene rings is 2. The van der Waals surface area contributed by atoms with Crippen LogP contribution in [0.15, 0.2) is 62.6 Å². The first-order valence-corrected chi connectivity index (χ1v) is 10.3. The molecule has 0 atom stereocenters. The van der Waals surface area contributed by atoms with Crippen LogP contribution in [-0.2, 0) is 16.6 Å². The molecule has 9 heteroatoms. The quantitative estimate of drug-likeness (QED) is 0.593. The standard InChI is InChI=1S/C20H20N2O6S/c1-12(2)27-14-5-8-16-17(10-19(23)28-18(16)9-14)20(24)22-11-13-3-6-15(7-4-13)29(21,25)26/h3-10,12H,11H2,1-2H3,(H,22,24)(H2,21,25,26). The predicted molar refractivity (Wildman–Crippen MR) is 107 cm³/mol. The highest BCUT2D eigenvalue weighted by Gasteiger charge is 2.14. The number of nitrogens with two attached hydrogens (primary N) is 1. The van der Waals surface area contributed by atoms with E-state index in [-0.39, 0.29) is 28.7 Å². The first-order valence-electron chi connectivity index (χ1n) is 8.78. The zero-order valence-corrected chi connectivity index (χ0v) is 16.7. The number of nitrogens with one attached hydrogen (secondary N) is 1. The number of amides is 1. The second-order valence-electron chi connectivity index (χ2n) is 6.68. The number of fused-ring (bicyclic) bond motifs is 1. The van der Waals surface area contributed by atoms with Gasteiger partial charge in [-0.2, -0.15) is 0 Å². The van der Waals surface area contributed by atoms with Gasteiger partial charge in [0, 0.05) is 24.1 Å². The lowest BCUT2D eigenvalue weighted by molar-refractivity contribution is 0.0952. The highest BCUT2D eigenvalue weighted by atomic mass is 32.2. The molecular weight excluding hydrogens is 396 g/mol.